The molecule has 1 aliphatic heterocycles. The van der Waals surface area contributed by atoms with Gasteiger partial charge in [0.25, 0.3) is 5.56 Å². The van der Waals surface area contributed by atoms with Crippen LogP contribution in [0.15, 0.2) is 53.3 Å². The number of H-pyrrole nitrogens is 1. The van der Waals surface area contributed by atoms with E-state index in [2.05, 4.69) is 74.8 Å². The molecule has 0 spiro atoms. The maximum absolute atomic E-state index is 13.5. The first kappa shape index (κ1) is 21.2. The molecule has 7 nitrogen and oxygen atoms in total. The average molecular weight is 455 g/mol. The van der Waals surface area contributed by atoms with Crippen LogP contribution in [-0.4, -0.2) is 36.6 Å². The van der Waals surface area contributed by atoms with Crippen LogP contribution in [-0.2, 0) is 19.4 Å². The summed E-state index contributed by atoms with van der Waals surface area (Å²) >= 11 is 0. The van der Waals surface area contributed by atoms with Gasteiger partial charge in [0.15, 0.2) is 5.82 Å². The molecule has 1 saturated carbocycles. The van der Waals surface area contributed by atoms with Crippen LogP contribution in [0.5, 0.6) is 0 Å². The lowest BCUT2D eigenvalue weighted by Gasteiger charge is -2.35. The monoisotopic (exact) mass is 454 g/mol. The van der Waals surface area contributed by atoms with Gasteiger partial charge in [-0.05, 0) is 76.4 Å². The van der Waals surface area contributed by atoms with Crippen LogP contribution in [0, 0.1) is 0 Å². The number of hydrogen-bond acceptors (Lipinski definition) is 5. The third-order valence-electron chi connectivity index (χ3n) is 7.60. The predicted octanol–water partition coefficient (Wildman–Crippen LogP) is 4.34. The molecule has 0 radical (unpaired) electrons. The first-order valence-corrected chi connectivity index (χ1v) is 12.5. The van der Waals surface area contributed by atoms with Gasteiger partial charge in [0.05, 0.1) is 6.04 Å². The van der Waals surface area contributed by atoms with Gasteiger partial charge in [0.1, 0.15) is 6.04 Å². The second kappa shape index (κ2) is 8.80. The summed E-state index contributed by atoms with van der Waals surface area (Å²) in [4.78, 5) is 19.0. The van der Waals surface area contributed by atoms with E-state index in [1.165, 1.54) is 29.5 Å². The molecule has 0 bridgehead atoms. The van der Waals surface area contributed by atoms with E-state index in [-0.39, 0.29) is 11.6 Å². The van der Waals surface area contributed by atoms with Crippen LogP contribution in [0.25, 0.3) is 10.9 Å². The van der Waals surface area contributed by atoms with Crippen molar-refractivity contribution in [1.29, 1.82) is 0 Å². The Labute approximate surface area is 198 Å². The highest BCUT2D eigenvalue weighted by Crippen LogP contribution is 2.35. The summed E-state index contributed by atoms with van der Waals surface area (Å²) in [5, 5.41) is 14.1. The van der Waals surface area contributed by atoms with E-state index in [9.17, 15) is 4.79 Å². The SMILES string of the molecule is CCc1ccc2[nH]c(=O)c([C@@H](c3nnnn3C3CCCC3)N3CCc4ccccc4C3)cc2c1. The van der Waals surface area contributed by atoms with Gasteiger partial charge in [-0.3, -0.25) is 9.69 Å². The molecule has 2 aliphatic rings. The van der Waals surface area contributed by atoms with Gasteiger partial charge in [0.2, 0.25) is 0 Å². The number of nitrogens with one attached hydrogen (secondary N) is 1. The number of tetrazole rings is 1. The number of nitrogens with zero attached hydrogens (tertiary/aromatic N) is 5. The van der Waals surface area contributed by atoms with Crippen LogP contribution in [0.3, 0.4) is 0 Å². The van der Waals surface area contributed by atoms with E-state index in [0.29, 0.717) is 11.6 Å². The number of pyridine rings is 1. The van der Waals surface area contributed by atoms with Crippen molar-refractivity contribution in [3.05, 3.63) is 87.0 Å². The predicted molar refractivity (Wildman–Crippen MR) is 132 cm³/mol. The highest BCUT2D eigenvalue weighted by Gasteiger charge is 2.34. The molecule has 1 N–H and O–H groups in total. The van der Waals surface area contributed by atoms with Crippen LogP contribution < -0.4 is 5.56 Å². The summed E-state index contributed by atoms with van der Waals surface area (Å²) < 4.78 is 2.00. The highest BCUT2D eigenvalue weighted by molar-refractivity contribution is 5.80. The van der Waals surface area contributed by atoms with Crippen LogP contribution in [0.4, 0.5) is 0 Å². The molecule has 4 aromatic rings. The van der Waals surface area contributed by atoms with Crippen molar-refractivity contribution < 1.29 is 0 Å². The second-order valence-corrected chi connectivity index (χ2v) is 9.64. The van der Waals surface area contributed by atoms with Crippen LogP contribution in [0.2, 0.25) is 0 Å². The lowest BCUT2D eigenvalue weighted by Crippen LogP contribution is -2.39. The summed E-state index contributed by atoms with van der Waals surface area (Å²) in [6.07, 6.45) is 6.47. The zero-order valence-electron chi connectivity index (χ0n) is 19.6. The summed E-state index contributed by atoms with van der Waals surface area (Å²) in [7, 11) is 0. The van der Waals surface area contributed by atoms with Crippen molar-refractivity contribution in [3.8, 4) is 0 Å². The van der Waals surface area contributed by atoms with Gasteiger partial charge in [-0.2, -0.15) is 0 Å². The number of benzene rings is 2. The smallest absolute Gasteiger partial charge is 0.253 e. The van der Waals surface area contributed by atoms with E-state index in [1.54, 1.807) is 0 Å². The van der Waals surface area contributed by atoms with E-state index in [0.717, 1.165) is 55.5 Å². The van der Waals surface area contributed by atoms with Crippen molar-refractivity contribution in [1.82, 2.24) is 30.1 Å². The standard InChI is InChI=1S/C27H30N6O/c1-2-18-11-12-24-21(15-18)16-23(27(34)28-24)25(26-29-30-31-33(26)22-9-5-6-10-22)32-14-13-19-7-3-4-8-20(19)17-32/h3-4,7-8,11-12,15-16,22,25H,2,5-6,9-10,13-14,17H2,1H3,(H,28,34)/t25-/m0/s1. The van der Waals surface area contributed by atoms with Gasteiger partial charge >= 0.3 is 0 Å². The minimum absolute atomic E-state index is 0.0680. The molecule has 6 rings (SSSR count). The number of rotatable bonds is 5. The molecule has 2 aromatic carbocycles. The van der Waals surface area contributed by atoms with Crippen LogP contribution >= 0.6 is 0 Å². The maximum atomic E-state index is 13.5. The normalized spacial score (nSPS) is 17.8. The quantitative estimate of drug-likeness (QED) is 0.485. The molecule has 34 heavy (non-hydrogen) atoms. The zero-order chi connectivity index (χ0) is 23.1. The van der Waals surface area contributed by atoms with Crippen molar-refractivity contribution in [2.75, 3.05) is 6.54 Å². The molecule has 174 valence electrons. The largest absolute Gasteiger partial charge is 0.322 e. The van der Waals surface area contributed by atoms with Crippen LogP contribution in [0.1, 0.15) is 72.8 Å². The lowest BCUT2D eigenvalue weighted by atomic mass is 9.95. The first-order valence-electron chi connectivity index (χ1n) is 12.5. The Kier molecular flexibility index (Phi) is 5.49. The van der Waals surface area contributed by atoms with E-state index in [4.69, 9.17) is 0 Å². The fraction of sp³-hybridized carbons (Fsp3) is 0.407. The molecule has 0 amide bonds. The highest BCUT2D eigenvalue weighted by atomic mass is 16.1. The molecule has 2 aromatic heterocycles. The summed E-state index contributed by atoms with van der Waals surface area (Å²) in [6, 6.07) is 16.9. The van der Waals surface area contributed by atoms with Gasteiger partial charge in [-0.15, -0.1) is 5.10 Å². The molecule has 1 atom stereocenters. The number of hydrogen-bond donors (Lipinski definition) is 1. The summed E-state index contributed by atoms with van der Waals surface area (Å²) in [5.41, 5.74) is 5.46. The maximum Gasteiger partial charge on any atom is 0.253 e. The van der Waals surface area contributed by atoms with Gasteiger partial charge in [-0.25, -0.2) is 4.68 Å². The molecule has 7 heteroatoms. The lowest BCUT2D eigenvalue weighted by molar-refractivity contribution is 0.190. The molecular formula is C27H30N6O. The Morgan fingerprint density at radius 1 is 1.09 bits per heavy atom. The molecule has 1 fully saturated rings. The van der Waals surface area contributed by atoms with Gasteiger partial charge < -0.3 is 4.98 Å². The van der Waals surface area contributed by atoms with E-state index in [1.807, 2.05) is 10.7 Å². The number of aryl methyl sites for hydroxylation is 1. The Bertz CT molecular complexity index is 1380. The zero-order valence-corrected chi connectivity index (χ0v) is 19.6. The van der Waals surface area contributed by atoms with Gasteiger partial charge in [-0.1, -0.05) is 50.1 Å². The number of fused-ring (bicyclic) bond motifs is 2. The first-order chi connectivity index (χ1) is 16.7. The Morgan fingerprint density at radius 3 is 2.74 bits per heavy atom. The van der Waals surface area contributed by atoms with Crippen molar-refractivity contribution >= 4 is 10.9 Å². The minimum Gasteiger partial charge on any atom is -0.322 e. The van der Waals surface area contributed by atoms with Gasteiger partial charge in [0, 0.05) is 24.2 Å². The minimum atomic E-state index is -0.303. The Hall–Kier alpha value is -3.32. The second-order valence-electron chi connectivity index (χ2n) is 9.64. The molecule has 1 aliphatic carbocycles. The number of aromatic amines is 1. The molecular weight excluding hydrogens is 424 g/mol. The van der Waals surface area contributed by atoms with Crippen molar-refractivity contribution in [2.45, 2.75) is 64.1 Å². The van der Waals surface area contributed by atoms with E-state index < -0.39 is 0 Å². The topological polar surface area (TPSA) is 79.7 Å². The third kappa shape index (κ3) is 3.74. The van der Waals surface area contributed by atoms with Crippen molar-refractivity contribution in [3.63, 3.8) is 0 Å². The van der Waals surface area contributed by atoms with Crippen molar-refractivity contribution in [2.24, 2.45) is 0 Å². The van der Waals surface area contributed by atoms with E-state index >= 15 is 0 Å². The fourth-order valence-electron chi connectivity index (χ4n) is 5.72. The molecule has 3 heterocycles. The number of aromatic nitrogens is 5. The molecule has 0 saturated heterocycles. The Balaban J connectivity index is 1.50. The summed E-state index contributed by atoms with van der Waals surface area (Å²) in [5.74, 6) is 0.780. The summed E-state index contributed by atoms with van der Waals surface area (Å²) in [6.45, 7) is 3.77. The fourth-order valence-corrected chi connectivity index (χ4v) is 5.72. The third-order valence-corrected chi connectivity index (χ3v) is 7.60. The molecule has 0 unspecified atom stereocenters. The Morgan fingerprint density at radius 2 is 1.91 bits per heavy atom. The average Bonchev–Trinajstić information content (AvgIpc) is 3.56.